The van der Waals surface area contributed by atoms with Crippen molar-refractivity contribution in [2.45, 2.75) is 19.5 Å². The van der Waals surface area contributed by atoms with Gasteiger partial charge in [-0.25, -0.2) is 4.39 Å². The van der Waals surface area contributed by atoms with E-state index in [0.29, 0.717) is 29.8 Å². The summed E-state index contributed by atoms with van der Waals surface area (Å²) in [6, 6.07) is 6.62. The summed E-state index contributed by atoms with van der Waals surface area (Å²) in [6.07, 6.45) is 0.975. The van der Waals surface area contributed by atoms with Gasteiger partial charge in [0.05, 0.1) is 23.3 Å². The Balaban J connectivity index is 1.77. The van der Waals surface area contributed by atoms with Crippen molar-refractivity contribution in [3.63, 3.8) is 0 Å². The molecule has 1 aromatic heterocycles. The van der Waals surface area contributed by atoms with Crippen LogP contribution in [0, 0.1) is 0 Å². The van der Waals surface area contributed by atoms with Gasteiger partial charge in [-0.05, 0) is 13.0 Å². The number of alkyl halides is 1. The van der Waals surface area contributed by atoms with Gasteiger partial charge in [0.25, 0.3) is 5.91 Å². The minimum Gasteiger partial charge on any atom is -0.399 e. The third-order valence-electron chi connectivity index (χ3n) is 4.14. The van der Waals surface area contributed by atoms with E-state index in [-0.39, 0.29) is 17.5 Å². The van der Waals surface area contributed by atoms with Gasteiger partial charge >= 0.3 is 0 Å². The molecule has 25 heavy (non-hydrogen) atoms. The number of rotatable bonds is 4. The average Bonchev–Trinajstić information content (AvgIpc) is 3.09. The average molecular weight is 364 g/mol. The molecule has 6 nitrogen and oxygen atoms in total. The van der Waals surface area contributed by atoms with Crippen LogP contribution in [0.5, 0.6) is 0 Å². The molecular weight excluding hydrogens is 345 g/mol. The Morgan fingerprint density at radius 2 is 2.28 bits per heavy atom. The molecule has 1 aliphatic rings. The third-order valence-corrected chi connectivity index (χ3v) is 4.56. The molecule has 4 N–H and O–H groups in total. The summed E-state index contributed by atoms with van der Waals surface area (Å²) < 4.78 is 13.6. The highest BCUT2D eigenvalue weighted by atomic mass is 35.5. The Bertz CT molecular complexity index is 803. The van der Waals surface area contributed by atoms with Crippen molar-refractivity contribution in [1.82, 2.24) is 15.1 Å². The van der Waals surface area contributed by atoms with Crippen molar-refractivity contribution in [2.24, 2.45) is 5.73 Å². The summed E-state index contributed by atoms with van der Waals surface area (Å²) in [4.78, 5) is 14.4. The number of halogens is 2. The van der Waals surface area contributed by atoms with Gasteiger partial charge in [0, 0.05) is 36.0 Å². The minimum absolute atomic E-state index is 0.159. The number of amides is 1. The zero-order valence-electron chi connectivity index (χ0n) is 13.7. The summed E-state index contributed by atoms with van der Waals surface area (Å²) in [5.41, 5.74) is 8.14. The number of aromatic nitrogens is 2. The molecule has 0 spiro atoms. The fourth-order valence-corrected chi connectivity index (χ4v) is 3.14. The second kappa shape index (κ2) is 7.14. The van der Waals surface area contributed by atoms with E-state index in [1.165, 1.54) is 6.92 Å². The number of nitrogens with one attached hydrogen (secondary N) is 2. The highest BCUT2D eigenvalue weighted by Gasteiger charge is 2.25. The molecule has 132 valence electrons. The monoisotopic (exact) mass is 363 g/mol. The summed E-state index contributed by atoms with van der Waals surface area (Å²) in [5, 5.41) is 10.00. The number of aromatic amines is 1. The van der Waals surface area contributed by atoms with Crippen molar-refractivity contribution in [3.05, 3.63) is 58.0 Å². The van der Waals surface area contributed by atoms with Gasteiger partial charge in [-0.3, -0.25) is 9.89 Å². The van der Waals surface area contributed by atoms with E-state index in [2.05, 4.69) is 15.5 Å². The lowest BCUT2D eigenvalue weighted by Crippen LogP contribution is -2.40. The predicted octanol–water partition coefficient (Wildman–Crippen LogP) is 3.22. The summed E-state index contributed by atoms with van der Waals surface area (Å²) in [7, 11) is 0. The van der Waals surface area contributed by atoms with Gasteiger partial charge in [0.2, 0.25) is 0 Å². The van der Waals surface area contributed by atoms with Crippen LogP contribution in [0.1, 0.15) is 35.4 Å². The van der Waals surface area contributed by atoms with Crippen LogP contribution in [0.3, 0.4) is 0 Å². The highest BCUT2D eigenvalue weighted by molar-refractivity contribution is 6.34. The standard InChI is InChI=1S/C17H19ClFN5O/c1-10(19)11-3-2-4-12(16(11)18)17(25)24-8-6-14(13(20)9-24)22-15-5-7-21-23-15/h2-5,7,10H,6,8-9,20H2,1H3,(H2,21,22,23). The lowest BCUT2D eigenvalue weighted by Gasteiger charge is -2.30. The van der Waals surface area contributed by atoms with Crippen LogP contribution in [0.25, 0.3) is 0 Å². The van der Waals surface area contributed by atoms with Crippen LogP contribution in [-0.2, 0) is 0 Å². The number of nitrogens with zero attached hydrogens (tertiary/aromatic N) is 2. The maximum Gasteiger partial charge on any atom is 0.255 e. The topological polar surface area (TPSA) is 87.0 Å². The lowest BCUT2D eigenvalue weighted by molar-refractivity contribution is 0.0763. The maximum absolute atomic E-state index is 13.6. The predicted molar refractivity (Wildman–Crippen MR) is 94.9 cm³/mol. The first kappa shape index (κ1) is 17.3. The molecule has 1 aliphatic heterocycles. The smallest absolute Gasteiger partial charge is 0.255 e. The molecule has 0 aliphatic carbocycles. The van der Waals surface area contributed by atoms with Crippen LogP contribution < -0.4 is 11.1 Å². The highest BCUT2D eigenvalue weighted by Crippen LogP contribution is 2.30. The molecule has 1 atom stereocenters. The zero-order valence-corrected chi connectivity index (χ0v) is 14.5. The van der Waals surface area contributed by atoms with Gasteiger partial charge in [-0.15, -0.1) is 0 Å². The van der Waals surface area contributed by atoms with Crippen LogP contribution in [0.15, 0.2) is 41.9 Å². The van der Waals surface area contributed by atoms with Crippen molar-refractivity contribution < 1.29 is 9.18 Å². The fraction of sp³-hybridized carbons (Fsp3) is 0.294. The van der Waals surface area contributed by atoms with Crippen LogP contribution >= 0.6 is 11.6 Å². The molecule has 0 fully saturated rings. The van der Waals surface area contributed by atoms with Gasteiger partial charge in [0.1, 0.15) is 12.0 Å². The van der Waals surface area contributed by atoms with Crippen molar-refractivity contribution in [2.75, 3.05) is 18.4 Å². The Labute approximate surface area is 149 Å². The SMILES string of the molecule is CC(F)c1cccc(C(=O)N2CCC(Nc3ccn[nH]3)=C(N)C2)c1Cl. The van der Waals surface area contributed by atoms with Crippen LogP contribution in [-0.4, -0.2) is 34.1 Å². The molecule has 1 unspecified atom stereocenters. The quantitative estimate of drug-likeness (QED) is 0.778. The van der Waals surface area contributed by atoms with Gasteiger partial charge in [-0.1, -0.05) is 23.7 Å². The molecule has 0 saturated heterocycles. The lowest BCUT2D eigenvalue weighted by atomic mass is 10.0. The Morgan fingerprint density at radius 3 is 2.92 bits per heavy atom. The summed E-state index contributed by atoms with van der Waals surface area (Å²) in [6.45, 7) is 2.16. The normalized spacial score (nSPS) is 16.0. The number of benzene rings is 1. The molecule has 1 aromatic carbocycles. The van der Waals surface area contributed by atoms with E-state index in [1.54, 1.807) is 35.4 Å². The molecule has 0 bridgehead atoms. The molecule has 2 heterocycles. The van der Waals surface area contributed by atoms with E-state index in [9.17, 15) is 9.18 Å². The second-order valence-corrected chi connectivity index (χ2v) is 6.28. The van der Waals surface area contributed by atoms with Crippen LogP contribution in [0.4, 0.5) is 10.2 Å². The number of carbonyl (C=O) groups is 1. The second-order valence-electron chi connectivity index (χ2n) is 5.90. The Hall–Kier alpha value is -2.54. The van der Waals surface area contributed by atoms with Crippen molar-refractivity contribution in [3.8, 4) is 0 Å². The number of hydrogen-bond acceptors (Lipinski definition) is 4. The van der Waals surface area contributed by atoms with E-state index in [4.69, 9.17) is 17.3 Å². The number of H-pyrrole nitrogens is 1. The van der Waals surface area contributed by atoms with Crippen LogP contribution in [0.2, 0.25) is 5.02 Å². The summed E-state index contributed by atoms with van der Waals surface area (Å²) >= 11 is 6.22. The van der Waals surface area contributed by atoms with Gasteiger partial charge < -0.3 is 16.0 Å². The first-order valence-corrected chi connectivity index (χ1v) is 8.30. The van der Waals surface area contributed by atoms with E-state index in [0.717, 1.165) is 11.5 Å². The maximum atomic E-state index is 13.6. The number of anilines is 1. The fourth-order valence-electron chi connectivity index (χ4n) is 2.78. The number of hydrogen-bond donors (Lipinski definition) is 3. The van der Waals surface area contributed by atoms with E-state index >= 15 is 0 Å². The molecule has 3 rings (SSSR count). The molecule has 2 aromatic rings. The summed E-state index contributed by atoms with van der Waals surface area (Å²) in [5.74, 6) is 0.487. The first-order valence-electron chi connectivity index (χ1n) is 7.93. The van der Waals surface area contributed by atoms with Gasteiger partial charge in [0.15, 0.2) is 0 Å². The molecule has 1 amide bonds. The third kappa shape index (κ3) is 3.61. The van der Waals surface area contributed by atoms with Crippen molar-refractivity contribution in [1.29, 1.82) is 0 Å². The number of nitrogens with two attached hydrogens (primary N) is 1. The van der Waals surface area contributed by atoms with Crippen molar-refractivity contribution >= 4 is 23.3 Å². The minimum atomic E-state index is -1.24. The molecule has 0 saturated carbocycles. The molecule has 0 radical (unpaired) electrons. The van der Waals surface area contributed by atoms with E-state index in [1.807, 2.05) is 0 Å². The first-order chi connectivity index (χ1) is 12.0. The molecule has 8 heteroatoms. The number of carbonyl (C=O) groups excluding carboxylic acids is 1. The zero-order chi connectivity index (χ0) is 18.0. The van der Waals surface area contributed by atoms with E-state index < -0.39 is 6.17 Å². The Kier molecular flexibility index (Phi) is 4.94. The van der Waals surface area contributed by atoms with Gasteiger partial charge in [-0.2, -0.15) is 5.10 Å². The Morgan fingerprint density at radius 1 is 1.48 bits per heavy atom. The largest absolute Gasteiger partial charge is 0.399 e. The molecular formula is C17H19ClFN5O.